The van der Waals surface area contributed by atoms with Crippen molar-refractivity contribution in [3.05, 3.63) is 33.8 Å². The lowest BCUT2D eigenvalue weighted by Gasteiger charge is -2.15. The van der Waals surface area contributed by atoms with E-state index in [0.29, 0.717) is 19.0 Å². The molecule has 1 amide bonds. The average Bonchev–Trinajstić information content (AvgIpc) is 3.19. The fourth-order valence-electron chi connectivity index (χ4n) is 3.02. The molecule has 9 heteroatoms. The first-order valence-corrected chi connectivity index (χ1v) is 10.6. The molecule has 0 unspecified atom stereocenters. The fourth-order valence-corrected chi connectivity index (χ4v) is 3.59. The fraction of sp³-hybridized carbons (Fsp3) is 0.550. The van der Waals surface area contributed by atoms with E-state index in [1.54, 1.807) is 18.2 Å². The number of nitrogens with one attached hydrogen (secondary N) is 2. The topological polar surface area (TPSA) is 100 Å². The Bertz CT molecular complexity index is 707. The van der Waals surface area contributed by atoms with E-state index >= 15 is 0 Å². The van der Waals surface area contributed by atoms with Gasteiger partial charge in [-0.15, -0.1) is 0 Å². The van der Waals surface area contributed by atoms with Gasteiger partial charge in [0.25, 0.3) is 11.9 Å². The van der Waals surface area contributed by atoms with Crippen LogP contribution in [0.2, 0.25) is 10.0 Å². The number of halogens is 2. The molecule has 0 aliphatic carbocycles. The molecule has 0 bridgehead atoms. The molecule has 0 saturated heterocycles. The van der Waals surface area contributed by atoms with Crippen LogP contribution in [-0.2, 0) is 9.53 Å². The number of amidine groups is 1. The third-order valence-electron chi connectivity index (χ3n) is 4.57. The van der Waals surface area contributed by atoms with Crippen LogP contribution in [0.1, 0.15) is 55.3 Å². The minimum absolute atomic E-state index is 0.102. The summed E-state index contributed by atoms with van der Waals surface area (Å²) < 4.78 is 5.27. The van der Waals surface area contributed by atoms with Crippen molar-refractivity contribution in [2.45, 2.75) is 51.0 Å². The van der Waals surface area contributed by atoms with Gasteiger partial charge in [0.1, 0.15) is 12.6 Å². The van der Waals surface area contributed by atoms with Crippen LogP contribution >= 0.6 is 23.2 Å². The molecular formula is C20H27Cl2N3O4. The van der Waals surface area contributed by atoms with Crippen LogP contribution in [0.4, 0.5) is 0 Å². The lowest BCUT2D eigenvalue weighted by atomic mass is 10.0. The molecule has 0 saturated carbocycles. The number of rotatable bonds is 12. The molecule has 0 aromatic heterocycles. The van der Waals surface area contributed by atoms with Crippen molar-refractivity contribution in [1.82, 2.24) is 10.6 Å². The average molecular weight is 444 g/mol. The molecule has 3 N–H and O–H groups in total. The number of carbonyl (C=O) groups excluding carboxylic acids is 1. The summed E-state index contributed by atoms with van der Waals surface area (Å²) in [6, 6.07) is 4.39. The molecule has 1 aliphatic heterocycles. The number of nitrogens with zero attached hydrogens (tertiary/aromatic N) is 1. The van der Waals surface area contributed by atoms with E-state index in [9.17, 15) is 14.7 Å². The standard InChI is InChI=1S/C20H27Cl2N3O4/c21-14-8-7-9-15(22)17(14)18(26)25-16(19(27)28)10-5-3-1-2-4-6-11-23-20-24-12-13-29-20/h7-9,16H,1-6,10-13H2,(H,23,24)(H,25,26)(H,27,28)/t16-/m1/s1. The Morgan fingerprint density at radius 1 is 1.10 bits per heavy atom. The maximum Gasteiger partial charge on any atom is 0.326 e. The summed E-state index contributed by atoms with van der Waals surface area (Å²) in [5.74, 6) is -1.64. The van der Waals surface area contributed by atoms with E-state index < -0.39 is 17.9 Å². The van der Waals surface area contributed by atoms with E-state index in [1.807, 2.05) is 0 Å². The zero-order chi connectivity index (χ0) is 21.1. The highest BCUT2D eigenvalue weighted by atomic mass is 35.5. The SMILES string of the molecule is O=C(N[C@H](CCCCCCCCNC1=NCCO1)C(=O)O)c1c(Cl)cccc1Cl. The van der Waals surface area contributed by atoms with Crippen molar-refractivity contribution in [2.24, 2.45) is 4.99 Å². The summed E-state index contributed by atoms with van der Waals surface area (Å²) in [5.41, 5.74) is 0.102. The highest BCUT2D eigenvalue weighted by molar-refractivity contribution is 6.39. The van der Waals surface area contributed by atoms with Crippen LogP contribution < -0.4 is 10.6 Å². The molecule has 0 fully saturated rings. The van der Waals surface area contributed by atoms with Gasteiger partial charge < -0.3 is 20.5 Å². The van der Waals surface area contributed by atoms with E-state index in [0.717, 1.165) is 51.6 Å². The number of unbranched alkanes of at least 4 members (excludes halogenated alkanes) is 5. The molecule has 1 heterocycles. The Morgan fingerprint density at radius 3 is 2.38 bits per heavy atom. The van der Waals surface area contributed by atoms with Crippen molar-refractivity contribution in [1.29, 1.82) is 0 Å². The lowest BCUT2D eigenvalue weighted by molar-refractivity contribution is -0.139. The molecule has 1 aliphatic rings. The molecule has 1 aromatic carbocycles. The number of benzene rings is 1. The third kappa shape index (κ3) is 8.11. The predicted molar refractivity (Wildman–Crippen MR) is 114 cm³/mol. The summed E-state index contributed by atoms with van der Waals surface area (Å²) >= 11 is 12.0. The number of aliphatic carboxylic acids is 1. The summed E-state index contributed by atoms with van der Waals surface area (Å²) in [6.45, 7) is 2.23. The molecule has 160 valence electrons. The van der Waals surface area contributed by atoms with Gasteiger partial charge in [0.05, 0.1) is 22.2 Å². The minimum Gasteiger partial charge on any atom is -0.480 e. The quantitative estimate of drug-likeness (QED) is 0.425. The molecule has 0 spiro atoms. The first kappa shape index (κ1) is 23.3. The van der Waals surface area contributed by atoms with Crippen LogP contribution in [0.5, 0.6) is 0 Å². The smallest absolute Gasteiger partial charge is 0.326 e. The molecule has 7 nitrogen and oxygen atoms in total. The first-order valence-electron chi connectivity index (χ1n) is 9.88. The zero-order valence-electron chi connectivity index (χ0n) is 16.3. The number of aliphatic imine (C=N–C) groups is 1. The molecular weight excluding hydrogens is 417 g/mol. The summed E-state index contributed by atoms with van der Waals surface area (Å²) in [6.07, 6.45) is 6.22. The maximum atomic E-state index is 12.4. The van der Waals surface area contributed by atoms with E-state index in [1.165, 1.54) is 0 Å². The van der Waals surface area contributed by atoms with Gasteiger partial charge in [-0.2, -0.15) is 0 Å². The van der Waals surface area contributed by atoms with Crippen LogP contribution in [0.15, 0.2) is 23.2 Å². The molecule has 2 rings (SSSR count). The van der Waals surface area contributed by atoms with Gasteiger partial charge in [-0.25, -0.2) is 9.79 Å². The highest BCUT2D eigenvalue weighted by Crippen LogP contribution is 2.24. The summed E-state index contributed by atoms with van der Waals surface area (Å²) in [5, 5.41) is 15.5. The first-order chi connectivity index (χ1) is 14.0. The monoisotopic (exact) mass is 443 g/mol. The number of carboxylic acid groups (broad SMARTS) is 1. The van der Waals surface area contributed by atoms with Gasteiger partial charge >= 0.3 is 5.97 Å². The number of ether oxygens (including phenoxy) is 1. The number of carbonyl (C=O) groups is 2. The number of amides is 1. The number of hydrogen-bond acceptors (Lipinski definition) is 5. The predicted octanol–water partition coefficient (Wildman–Crippen LogP) is 3.88. The normalized spacial score (nSPS) is 14.1. The van der Waals surface area contributed by atoms with E-state index in [2.05, 4.69) is 15.6 Å². The highest BCUT2D eigenvalue weighted by Gasteiger charge is 2.22. The Hall–Kier alpha value is -1.99. The lowest BCUT2D eigenvalue weighted by Crippen LogP contribution is -2.41. The third-order valence-corrected chi connectivity index (χ3v) is 5.20. The Labute approximate surface area is 180 Å². The van der Waals surface area contributed by atoms with E-state index in [4.69, 9.17) is 27.9 Å². The number of carboxylic acids is 1. The van der Waals surface area contributed by atoms with Crippen molar-refractivity contribution in [3.63, 3.8) is 0 Å². The summed E-state index contributed by atoms with van der Waals surface area (Å²) in [4.78, 5) is 28.0. The second kappa shape index (κ2) is 12.5. The second-order valence-corrected chi connectivity index (χ2v) is 7.65. The van der Waals surface area contributed by atoms with Crippen molar-refractivity contribution >= 4 is 41.1 Å². The Kier molecular flexibility index (Phi) is 10.1. The van der Waals surface area contributed by atoms with Crippen LogP contribution in [0.3, 0.4) is 0 Å². The van der Waals surface area contributed by atoms with Crippen molar-refractivity contribution in [2.75, 3.05) is 19.7 Å². The summed E-state index contributed by atoms with van der Waals surface area (Å²) in [7, 11) is 0. The second-order valence-electron chi connectivity index (χ2n) is 6.83. The van der Waals surface area contributed by atoms with Gasteiger partial charge in [0.2, 0.25) is 0 Å². The molecule has 1 atom stereocenters. The van der Waals surface area contributed by atoms with E-state index in [-0.39, 0.29) is 15.6 Å². The molecule has 1 aromatic rings. The van der Waals surface area contributed by atoms with Gasteiger partial charge in [-0.05, 0) is 25.0 Å². The van der Waals surface area contributed by atoms with Gasteiger partial charge in [-0.3, -0.25) is 4.79 Å². The Morgan fingerprint density at radius 2 is 1.76 bits per heavy atom. The van der Waals surface area contributed by atoms with Gasteiger partial charge in [-0.1, -0.05) is 61.4 Å². The van der Waals surface area contributed by atoms with Crippen molar-refractivity contribution in [3.8, 4) is 0 Å². The van der Waals surface area contributed by atoms with Crippen LogP contribution in [0.25, 0.3) is 0 Å². The van der Waals surface area contributed by atoms with Gasteiger partial charge in [0, 0.05) is 6.54 Å². The van der Waals surface area contributed by atoms with Crippen LogP contribution in [0, 0.1) is 0 Å². The van der Waals surface area contributed by atoms with Gasteiger partial charge in [0.15, 0.2) is 0 Å². The zero-order valence-corrected chi connectivity index (χ0v) is 17.8. The Balaban J connectivity index is 1.61. The maximum absolute atomic E-state index is 12.4. The number of hydrogen-bond donors (Lipinski definition) is 3. The molecule has 29 heavy (non-hydrogen) atoms. The van der Waals surface area contributed by atoms with Crippen molar-refractivity contribution < 1.29 is 19.4 Å². The van der Waals surface area contributed by atoms with Crippen LogP contribution in [-0.4, -0.2) is 48.7 Å². The molecule has 0 radical (unpaired) electrons. The minimum atomic E-state index is -1.07. The largest absolute Gasteiger partial charge is 0.480 e.